The molecule has 3 nitrogen and oxygen atoms in total. The van der Waals surface area contributed by atoms with Crippen LogP contribution in [0.5, 0.6) is 0 Å². The molecule has 3 heteroatoms. The first-order valence-electron chi connectivity index (χ1n) is 7.09. The molecule has 0 aromatic rings. The zero-order valence-electron chi connectivity index (χ0n) is 12.9. The van der Waals surface area contributed by atoms with E-state index in [9.17, 15) is 5.11 Å². The first-order valence-corrected chi connectivity index (χ1v) is 7.09. The average molecular weight is 255 g/mol. The Kier molecular flexibility index (Phi) is 3.13. The molecular weight excluding hydrogens is 226 g/mol. The van der Waals surface area contributed by atoms with Gasteiger partial charge in [0.1, 0.15) is 11.7 Å². The molecule has 18 heavy (non-hydrogen) atoms. The van der Waals surface area contributed by atoms with Crippen molar-refractivity contribution in [3.8, 4) is 0 Å². The second-order valence-corrected chi connectivity index (χ2v) is 8.36. The van der Waals surface area contributed by atoms with Crippen LogP contribution < -0.4 is 0 Å². The van der Waals surface area contributed by atoms with E-state index in [-0.39, 0.29) is 34.8 Å². The van der Waals surface area contributed by atoms with Crippen molar-refractivity contribution in [3.05, 3.63) is 0 Å². The summed E-state index contributed by atoms with van der Waals surface area (Å²) in [6.45, 7) is 16.3. The van der Waals surface area contributed by atoms with Crippen LogP contribution in [0, 0.1) is 5.41 Å². The Balaban J connectivity index is 2.29. The number of rotatable bonds is 1. The lowest BCUT2D eigenvalue weighted by Gasteiger charge is -2.44. The molecule has 0 aliphatic carbocycles. The van der Waals surface area contributed by atoms with Crippen molar-refractivity contribution in [1.82, 2.24) is 4.90 Å². The molecule has 2 saturated heterocycles. The smallest absolute Gasteiger partial charge is 0.109 e. The van der Waals surface area contributed by atoms with Gasteiger partial charge in [0.05, 0.1) is 12.1 Å². The van der Waals surface area contributed by atoms with Gasteiger partial charge in [-0.1, -0.05) is 20.8 Å². The van der Waals surface area contributed by atoms with Crippen molar-refractivity contribution in [2.45, 2.75) is 84.3 Å². The van der Waals surface area contributed by atoms with Gasteiger partial charge in [0.15, 0.2) is 0 Å². The van der Waals surface area contributed by atoms with Crippen molar-refractivity contribution in [1.29, 1.82) is 0 Å². The Morgan fingerprint density at radius 2 is 1.78 bits per heavy atom. The third-order valence-corrected chi connectivity index (χ3v) is 4.25. The van der Waals surface area contributed by atoms with Crippen LogP contribution in [0.2, 0.25) is 0 Å². The molecule has 0 spiro atoms. The summed E-state index contributed by atoms with van der Waals surface area (Å²) in [4.78, 5) is 2.43. The molecule has 2 rings (SSSR count). The number of aliphatic hydroxyl groups excluding tert-OH is 1. The van der Waals surface area contributed by atoms with Crippen LogP contribution in [0.3, 0.4) is 0 Å². The first kappa shape index (κ1) is 14.3. The van der Waals surface area contributed by atoms with Crippen molar-refractivity contribution < 1.29 is 9.84 Å². The van der Waals surface area contributed by atoms with Crippen LogP contribution in [0.25, 0.3) is 0 Å². The van der Waals surface area contributed by atoms with Crippen LogP contribution in [0.1, 0.15) is 54.9 Å². The van der Waals surface area contributed by atoms with E-state index in [1.165, 1.54) is 0 Å². The fourth-order valence-corrected chi connectivity index (χ4v) is 3.81. The van der Waals surface area contributed by atoms with E-state index in [0.29, 0.717) is 0 Å². The van der Waals surface area contributed by atoms with Crippen LogP contribution in [-0.2, 0) is 4.74 Å². The monoisotopic (exact) mass is 255 g/mol. The molecule has 106 valence electrons. The summed E-state index contributed by atoms with van der Waals surface area (Å²) >= 11 is 0. The van der Waals surface area contributed by atoms with E-state index in [0.717, 1.165) is 13.0 Å². The Bertz CT molecular complexity index is 328. The maximum Gasteiger partial charge on any atom is 0.109 e. The molecule has 0 radical (unpaired) electrons. The predicted octanol–water partition coefficient (Wildman–Crippen LogP) is 2.42. The predicted molar refractivity (Wildman–Crippen MR) is 73.6 cm³/mol. The molecule has 4 atom stereocenters. The molecule has 1 N–H and O–H groups in total. The highest BCUT2D eigenvalue weighted by molar-refractivity contribution is 5.16. The molecule has 1 unspecified atom stereocenters. The molecule has 2 bridgehead atoms. The molecule has 2 fully saturated rings. The van der Waals surface area contributed by atoms with Gasteiger partial charge < -0.3 is 9.84 Å². The minimum absolute atomic E-state index is 0.0866. The highest BCUT2D eigenvalue weighted by Crippen LogP contribution is 2.49. The lowest BCUT2D eigenvalue weighted by Crippen LogP contribution is -2.54. The lowest BCUT2D eigenvalue weighted by atomic mass is 9.80. The van der Waals surface area contributed by atoms with Crippen LogP contribution in [0.15, 0.2) is 0 Å². The maximum absolute atomic E-state index is 10.7. The number of ether oxygens (including phenoxy) is 1. The zero-order chi connectivity index (χ0) is 13.9. The number of likely N-dealkylation sites (tertiary alicyclic amines) is 1. The van der Waals surface area contributed by atoms with E-state index in [2.05, 4.69) is 53.4 Å². The van der Waals surface area contributed by atoms with Crippen LogP contribution in [0.4, 0.5) is 0 Å². The largest absolute Gasteiger partial charge is 0.388 e. The Hall–Kier alpha value is -0.120. The Morgan fingerprint density at radius 3 is 2.17 bits per heavy atom. The second-order valence-electron chi connectivity index (χ2n) is 8.36. The molecule has 0 aromatic heterocycles. The molecule has 2 aliphatic heterocycles. The summed E-state index contributed by atoms with van der Waals surface area (Å²) < 4.78 is 6.17. The van der Waals surface area contributed by atoms with Gasteiger partial charge in [-0.15, -0.1) is 0 Å². The van der Waals surface area contributed by atoms with E-state index in [1.54, 1.807) is 0 Å². The Morgan fingerprint density at radius 1 is 1.22 bits per heavy atom. The highest BCUT2D eigenvalue weighted by Gasteiger charge is 2.63. The molecular formula is C15H29NO2. The fraction of sp³-hybridized carbons (Fsp3) is 1.00. The third kappa shape index (κ3) is 2.21. The normalized spacial score (nSPS) is 41.7. The number of hydrogen-bond acceptors (Lipinski definition) is 3. The van der Waals surface area contributed by atoms with Gasteiger partial charge in [0.2, 0.25) is 0 Å². The van der Waals surface area contributed by atoms with Gasteiger partial charge in [-0.3, -0.25) is 4.90 Å². The third-order valence-electron chi connectivity index (χ3n) is 4.25. The van der Waals surface area contributed by atoms with Gasteiger partial charge in [0.25, 0.3) is 0 Å². The van der Waals surface area contributed by atoms with Gasteiger partial charge in [-0.25, -0.2) is 0 Å². The SMILES string of the molecule is C[C@@H]1O[C@@]2(CC(C)(C)C)CN(C(C)(C)C)C1[C@@H]2O. The maximum atomic E-state index is 10.7. The van der Waals surface area contributed by atoms with Gasteiger partial charge >= 0.3 is 0 Å². The minimum Gasteiger partial charge on any atom is -0.388 e. The molecule has 0 aromatic carbocycles. The van der Waals surface area contributed by atoms with Gasteiger partial charge in [-0.05, 0) is 39.5 Å². The van der Waals surface area contributed by atoms with Gasteiger partial charge in [-0.2, -0.15) is 0 Å². The minimum atomic E-state index is -0.365. The highest BCUT2D eigenvalue weighted by atomic mass is 16.5. The zero-order valence-corrected chi connectivity index (χ0v) is 12.9. The summed E-state index contributed by atoms with van der Waals surface area (Å²) in [7, 11) is 0. The summed E-state index contributed by atoms with van der Waals surface area (Å²) in [6.07, 6.45) is 0.676. The van der Waals surface area contributed by atoms with E-state index in [4.69, 9.17) is 4.74 Å². The van der Waals surface area contributed by atoms with Crippen LogP contribution >= 0.6 is 0 Å². The van der Waals surface area contributed by atoms with Crippen molar-refractivity contribution in [2.24, 2.45) is 5.41 Å². The van der Waals surface area contributed by atoms with Crippen molar-refractivity contribution in [3.63, 3.8) is 0 Å². The molecule has 0 amide bonds. The van der Waals surface area contributed by atoms with Crippen molar-refractivity contribution in [2.75, 3.05) is 6.54 Å². The quantitative estimate of drug-likeness (QED) is 0.781. The summed E-state index contributed by atoms with van der Waals surface area (Å²) in [5.41, 5.74) is -0.109. The second kappa shape index (κ2) is 3.94. The fourth-order valence-electron chi connectivity index (χ4n) is 3.81. The standard InChI is InChI=1S/C15H29NO2/c1-10-11-12(17)15(18-10,8-13(2,3)4)9-16(11)14(5,6)7/h10-12,17H,8-9H2,1-7H3/t10-,11?,12-,15-/m0/s1. The number of hydrogen-bond donors (Lipinski definition) is 1. The number of aliphatic hydroxyl groups is 1. The molecule has 2 aliphatic rings. The van der Waals surface area contributed by atoms with E-state index < -0.39 is 0 Å². The topological polar surface area (TPSA) is 32.7 Å². The Labute approximate surface area is 112 Å². The van der Waals surface area contributed by atoms with E-state index >= 15 is 0 Å². The molecule has 2 heterocycles. The van der Waals surface area contributed by atoms with Gasteiger partial charge in [0, 0.05) is 12.1 Å². The molecule has 0 saturated carbocycles. The lowest BCUT2D eigenvalue weighted by molar-refractivity contribution is -0.130. The van der Waals surface area contributed by atoms with E-state index in [1.807, 2.05) is 0 Å². The number of nitrogens with zero attached hydrogens (tertiary/aromatic N) is 1. The number of fused-ring (bicyclic) bond motifs is 2. The summed E-state index contributed by atoms with van der Waals surface area (Å²) in [5, 5.41) is 10.7. The summed E-state index contributed by atoms with van der Waals surface area (Å²) in [6, 6.07) is 0.146. The first-order chi connectivity index (χ1) is 7.96. The average Bonchev–Trinajstić information content (AvgIpc) is 2.47. The number of morpholine rings is 1. The van der Waals surface area contributed by atoms with Crippen LogP contribution in [-0.4, -0.2) is 45.9 Å². The summed E-state index contributed by atoms with van der Waals surface area (Å²) in [5.74, 6) is 0. The van der Waals surface area contributed by atoms with Crippen molar-refractivity contribution >= 4 is 0 Å².